The molecule has 4 N–H and O–H groups in total. The Morgan fingerprint density at radius 3 is 2.74 bits per heavy atom. The molecule has 4 heterocycles. The van der Waals surface area contributed by atoms with Gasteiger partial charge >= 0.3 is 6.03 Å². The Morgan fingerprint density at radius 1 is 1.05 bits per heavy atom. The van der Waals surface area contributed by atoms with Gasteiger partial charge in [0, 0.05) is 37.5 Å². The van der Waals surface area contributed by atoms with Crippen molar-refractivity contribution in [2.24, 2.45) is 0 Å². The number of H-pyrrole nitrogens is 1. The Labute approximate surface area is 227 Å². The minimum absolute atomic E-state index is 0.103. The molecule has 12 heteroatoms. The van der Waals surface area contributed by atoms with E-state index in [0.29, 0.717) is 77.9 Å². The molecule has 11 nitrogen and oxygen atoms in total. The molecule has 1 fully saturated rings. The summed E-state index contributed by atoms with van der Waals surface area (Å²) in [5.74, 6) is -0.324. The number of aromatic amines is 1. The smallest absolute Gasteiger partial charge is 0.333 e. The second kappa shape index (κ2) is 10.8. The van der Waals surface area contributed by atoms with Crippen molar-refractivity contribution in [2.45, 2.75) is 12.8 Å². The van der Waals surface area contributed by atoms with Gasteiger partial charge in [0.25, 0.3) is 0 Å². The molecule has 0 radical (unpaired) electrons. The van der Waals surface area contributed by atoms with Crippen molar-refractivity contribution in [3.05, 3.63) is 71.5 Å². The minimum atomic E-state index is -0.422. The molecule has 4 aromatic rings. The third-order valence-electron chi connectivity index (χ3n) is 6.54. The van der Waals surface area contributed by atoms with Gasteiger partial charge in [0.15, 0.2) is 5.78 Å². The predicted molar refractivity (Wildman–Crippen MR) is 147 cm³/mol. The van der Waals surface area contributed by atoms with Crippen molar-refractivity contribution in [2.75, 3.05) is 36.9 Å². The van der Waals surface area contributed by atoms with E-state index in [0.717, 1.165) is 10.4 Å². The summed E-state index contributed by atoms with van der Waals surface area (Å²) in [5, 5.41) is 15.6. The monoisotopic (exact) mass is 543 g/mol. The molecule has 3 aromatic heterocycles. The number of hydrogen-bond acceptors (Lipinski definition) is 8. The number of fused-ring (bicyclic) bond motifs is 3. The molecule has 1 aliphatic carbocycles. The van der Waals surface area contributed by atoms with E-state index in [1.807, 2.05) is 24.3 Å². The van der Waals surface area contributed by atoms with E-state index in [2.05, 4.69) is 31.2 Å². The SMILES string of the molecule is O=C(CCc1cccnc1)Nc1ccc(-c2n[nH]c3c2C(=O)c2c(NC(=O)NN4CCOCC4)cccc2-3)s1. The molecule has 0 unspecified atom stereocenters. The highest BCUT2D eigenvalue weighted by Crippen LogP contribution is 2.44. The number of ketones is 1. The Hall–Kier alpha value is -4.39. The first kappa shape index (κ1) is 24.9. The maximum atomic E-state index is 13.6. The number of thiophene rings is 1. The number of amides is 3. The summed E-state index contributed by atoms with van der Waals surface area (Å²) < 4.78 is 5.31. The zero-order valence-corrected chi connectivity index (χ0v) is 21.6. The van der Waals surface area contributed by atoms with Crippen LogP contribution in [0.2, 0.25) is 0 Å². The van der Waals surface area contributed by atoms with Crippen molar-refractivity contribution < 1.29 is 19.1 Å². The summed E-state index contributed by atoms with van der Waals surface area (Å²) in [4.78, 5) is 43.5. The fourth-order valence-electron chi connectivity index (χ4n) is 4.68. The van der Waals surface area contributed by atoms with Crippen LogP contribution in [0.15, 0.2) is 54.9 Å². The summed E-state index contributed by atoms with van der Waals surface area (Å²) >= 11 is 1.35. The van der Waals surface area contributed by atoms with Gasteiger partial charge in [-0.2, -0.15) is 5.10 Å². The molecule has 0 spiro atoms. The molecular weight excluding hydrogens is 518 g/mol. The van der Waals surface area contributed by atoms with Crippen LogP contribution in [0.5, 0.6) is 0 Å². The number of carbonyl (C=O) groups excluding carboxylic acids is 3. The summed E-state index contributed by atoms with van der Waals surface area (Å²) in [6, 6.07) is 12.3. The number of aryl methyl sites for hydroxylation is 1. The second-order valence-corrected chi connectivity index (χ2v) is 10.2. The molecule has 0 bridgehead atoms. The van der Waals surface area contributed by atoms with Crippen LogP contribution in [0.3, 0.4) is 0 Å². The van der Waals surface area contributed by atoms with Gasteiger partial charge in [0.2, 0.25) is 5.91 Å². The lowest BCUT2D eigenvalue weighted by Gasteiger charge is -2.27. The zero-order chi connectivity index (χ0) is 26.8. The Morgan fingerprint density at radius 2 is 1.92 bits per heavy atom. The number of anilines is 2. The maximum absolute atomic E-state index is 13.6. The summed E-state index contributed by atoms with van der Waals surface area (Å²) in [6.45, 7) is 2.27. The molecule has 0 atom stereocenters. The first-order valence-corrected chi connectivity index (χ1v) is 13.3. The van der Waals surface area contributed by atoms with Crippen molar-refractivity contribution in [1.29, 1.82) is 0 Å². The van der Waals surface area contributed by atoms with Gasteiger partial charge in [0.05, 0.1) is 45.6 Å². The molecule has 2 aliphatic rings. The highest BCUT2D eigenvalue weighted by atomic mass is 32.1. The number of nitrogens with one attached hydrogen (secondary N) is 4. The Bertz CT molecular complexity index is 1540. The first-order chi connectivity index (χ1) is 19.1. The van der Waals surface area contributed by atoms with E-state index in [1.54, 1.807) is 35.6 Å². The number of pyridine rings is 1. The number of aromatic nitrogens is 3. The number of morpholine rings is 1. The number of carbonyl (C=O) groups is 3. The fourth-order valence-corrected chi connectivity index (χ4v) is 5.59. The molecule has 3 amide bonds. The van der Waals surface area contributed by atoms with E-state index in [4.69, 9.17) is 4.74 Å². The quantitative estimate of drug-likeness (QED) is 0.245. The van der Waals surface area contributed by atoms with Crippen molar-refractivity contribution in [3.8, 4) is 21.8 Å². The number of nitrogens with zero attached hydrogens (tertiary/aromatic N) is 3. The molecular formula is C27H25N7O4S. The van der Waals surface area contributed by atoms with Crippen LogP contribution in [0.4, 0.5) is 15.5 Å². The van der Waals surface area contributed by atoms with Gasteiger partial charge in [-0.05, 0) is 36.2 Å². The maximum Gasteiger partial charge on any atom is 0.333 e. The van der Waals surface area contributed by atoms with E-state index < -0.39 is 6.03 Å². The normalized spacial score (nSPS) is 14.5. The van der Waals surface area contributed by atoms with Crippen molar-refractivity contribution >= 4 is 39.7 Å². The number of benzene rings is 1. The van der Waals surface area contributed by atoms with Crippen LogP contribution >= 0.6 is 11.3 Å². The molecule has 198 valence electrons. The lowest BCUT2D eigenvalue weighted by atomic mass is 10.1. The lowest BCUT2D eigenvalue weighted by molar-refractivity contribution is -0.116. The highest BCUT2D eigenvalue weighted by molar-refractivity contribution is 7.19. The summed E-state index contributed by atoms with van der Waals surface area (Å²) in [5.41, 5.74) is 6.88. The van der Waals surface area contributed by atoms with Crippen LogP contribution in [-0.4, -0.2) is 64.2 Å². The van der Waals surface area contributed by atoms with E-state index in [-0.39, 0.29) is 11.7 Å². The summed E-state index contributed by atoms with van der Waals surface area (Å²) in [6.07, 6.45) is 4.38. The largest absolute Gasteiger partial charge is 0.379 e. The molecule has 39 heavy (non-hydrogen) atoms. The van der Waals surface area contributed by atoms with Crippen LogP contribution in [0, 0.1) is 0 Å². The molecule has 0 saturated carbocycles. The van der Waals surface area contributed by atoms with Gasteiger partial charge < -0.3 is 15.4 Å². The predicted octanol–water partition coefficient (Wildman–Crippen LogP) is 3.68. The van der Waals surface area contributed by atoms with Crippen LogP contribution in [0.25, 0.3) is 21.8 Å². The minimum Gasteiger partial charge on any atom is -0.379 e. The van der Waals surface area contributed by atoms with E-state index in [1.165, 1.54) is 11.3 Å². The Balaban J connectivity index is 1.16. The topological polar surface area (TPSA) is 141 Å². The van der Waals surface area contributed by atoms with Gasteiger partial charge in [-0.3, -0.25) is 25.1 Å². The number of hydrogen-bond donors (Lipinski definition) is 4. The van der Waals surface area contributed by atoms with Crippen LogP contribution in [0.1, 0.15) is 27.9 Å². The van der Waals surface area contributed by atoms with Gasteiger partial charge in [0.1, 0.15) is 5.69 Å². The lowest BCUT2D eigenvalue weighted by Crippen LogP contribution is -2.49. The summed E-state index contributed by atoms with van der Waals surface area (Å²) in [7, 11) is 0. The van der Waals surface area contributed by atoms with E-state index >= 15 is 0 Å². The third-order valence-corrected chi connectivity index (χ3v) is 7.55. The van der Waals surface area contributed by atoms with Crippen molar-refractivity contribution in [3.63, 3.8) is 0 Å². The van der Waals surface area contributed by atoms with Gasteiger partial charge in [-0.1, -0.05) is 18.2 Å². The van der Waals surface area contributed by atoms with Gasteiger partial charge in [-0.15, -0.1) is 11.3 Å². The van der Waals surface area contributed by atoms with Gasteiger partial charge in [-0.25, -0.2) is 9.80 Å². The van der Waals surface area contributed by atoms with Crippen LogP contribution in [-0.2, 0) is 16.0 Å². The molecule has 1 saturated heterocycles. The second-order valence-electron chi connectivity index (χ2n) is 9.12. The average Bonchev–Trinajstić information content (AvgIpc) is 3.66. The molecule has 6 rings (SSSR count). The number of hydrazine groups is 1. The fraction of sp³-hybridized carbons (Fsp3) is 0.222. The standard InChI is InChI=1S/C27H25N7O4S/c35-20(8-6-16-3-2-10-28-15-16)30-21-9-7-19(39-21)25-23-24(31-32-25)17-4-1-5-18(22(17)26(23)36)29-27(37)33-34-11-13-38-14-12-34/h1-5,7,9-10,15H,6,8,11-14H2,(H,30,35)(H,31,32)(H2,29,33,37). The third kappa shape index (κ3) is 5.17. The zero-order valence-electron chi connectivity index (χ0n) is 20.8. The molecule has 1 aromatic carbocycles. The molecule has 1 aliphatic heterocycles. The number of ether oxygens (including phenoxy) is 1. The van der Waals surface area contributed by atoms with E-state index in [9.17, 15) is 14.4 Å². The highest BCUT2D eigenvalue weighted by Gasteiger charge is 2.35. The Kier molecular flexibility index (Phi) is 6.88. The first-order valence-electron chi connectivity index (χ1n) is 12.5. The van der Waals surface area contributed by atoms with Crippen LogP contribution < -0.4 is 16.1 Å². The average molecular weight is 544 g/mol. The number of rotatable bonds is 7. The van der Waals surface area contributed by atoms with Crippen molar-refractivity contribution in [1.82, 2.24) is 25.6 Å². The number of urea groups is 1.